The molecule has 0 saturated carbocycles. The summed E-state index contributed by atoms with van der Waals surface area (Å²) < 4.78 is 0. The molecule has 54 valence electrons. The molecule has 1 aromatic rings. The molecule has 0 amide bonds. The van der Waals surface area contributed by atoms with Gasteiger partial charge < -0.3 is 5.41 Å². The first-order valence-electron chi connectivity index (χ1n) is 3.70. The SMILES string of the molecule is N=Cc1ccc2c(c1)C=CC2. The fourth-order valence-electron chi connectivity index (χ4n) is 1.36. The van der Waals surface area contributed by atoms with Gasteiger partial charge in [-0.05, 0) is 29.2 Å². The Kier molecular flexibility index (Phi) is 1.35. The summed E-state index contributed by atoms with van der Waals surface area (Å²) in [6.45, 7) is 0. The largest absolute Gasteiger partial charge is 0.308 e. The summed E-state index contributed by atoms with van der Waals surface area (Å²) in [5, 5.41) is 7.06. The molecule has 0 saturated heterocycles. The second kappa shape index (κ2) is 2.35. The van der Waals surface area contributed by atoms with Crippen LogP contribution >= 0.6 is 0 Å². The number of benzene rings is 1. The minimum Gasteiger partial charge on any atom is -0.308 e. The van der Waals surface area contributed by atoms with Gasteiger partial charge in [-0.15, -0.1) is 0 Å². The molecule has 0 aliphatic heterocycles. The Morgan fingerprint density at radius 2 is 2.27 bits per heavy atom. The summed E-state index contributed by atoms with van der Waals surface area (Å²) in [5.74, 6) is 0. The monoisotopic (exact) mass is 143 g/mol. The van der Waals surface area contributed by atoms with Crippen LogP contribution in [0, 0.1) is 5.41 Å². The van der Waals surface area contributed by atoms with Crippen LogP contribution in [0.15, 0.2) is 24.3 Å². The average molecular weight is 143 g/mol. The van der Waals surface area contributed by atoms with Crippen molar-refractivity contribution in [1.82, 2.24) is 0 Å². The van der Waals surface area contributed by atoms with Crippen LogP contribution in [0.2, 0.25) is 0 Å². The maximum Gasteiger partial charge on any atom is 0.0250 e. The molecule has 11 heavy (non-hydrogen) atoms. The van der Waals surface area contributed by atoms with Crippen molar-refractivity contribution >= 4 is 12.3 Å². The quantitative estimate of drug-likeness (QED) is 0.583. The van der Waals surface area contributed by atoms with Gasteiger partial charge in [0.1, 0.15) is 0 Å². The number of allylic oxidation sites excluding steroid dienone is 1. The van der Waals surface area contributed by atoms with E-state index in [1.165, 1.54) is 17.3 Å². The standard InChI is InChI=1S/C10H9N/c11-7-8-4-5-9-2-1-3-10(9)6-8/h1,3-7,11H,2H2. The summed E-state index contributed by atoms with van der Waals surface area (Å²) in [5.41, 5.74) is 3.62. The van der Waals surface area contributed by atoms with Gasteiger partial charge in [0.25, 0.3) is 0 Å². The highest BCUT2D eigenvalue weighted by atomic mass is 14.3. The number of nitrogens with one attached hydrogen (secondary N) is 1. The first-order chi connectivity index (χ1) is 5.40. The molecular formula is C10H9N. The lowest BCUT2D eigenvalue weighted by Gasteiger charge is -1.98. The number of hydrogen-bond donors (Lipinski definition) is 1. The zero-order valence-corrected chi connectivity index (χ0v) is 6.17. The average Bonchev–Trinajstić information content (AvgIpc) is 2.50. The van der Waals surface area contributed by atoms with Crippen molar-refractivity contribution < 1.29 is 0 Å². The smallest absolute Gasteiger partial charge is 0.0250 e. The van der Waals surface area contributed by atoms with Gasteiger partial charge in [0.05, 0.1) is 0 Å². The van der Waals surface area contributed by atoms with E-state index in [0.29, 0.717) is 0 Å². The van der Waals surface area contributed by atoms with Gasteiger partial charge in [0.2, 0.25) is 0 Å². The van der Waals surface area contributed by atoms with Gasteiger partial charge in [-0.1, -0.05) is 24.3 Å². The predicted molar refractivity (Wildman–Crippen MR) is 47.1 cm³/mol. The number of fused-ring (bicyclic) bond motifs is 1. The fourth-order valence-corrected chi connectivity index (χ4v) is 1.36. The molecule has 0 atom stereocenters. The second-order valence-electron chi connectivity index (χ2n) is 2.71. The lowest BCUT2D eigenvalue weighted by molar-refractivity contribution is 1.31. The summed E-state index contributed by atoms with van der Waals surface area (Å²) >= 11 is 0. The van der Waals surface area contributed by atoms with E-state index >= 15 is 0 Å². The van der Waals surface area contributed by atoms with Gasteiger partial charge in [-0.2, -0.15) is 0 Å². The maximum absolute atomic E-state index is 7.06. The molecule has 1 nitrogen and oxygen atoms in total. The van der Waals surface area contributed by atoms with E-state index < -0.39 is 0 Å². The van der Waals surface area contributed by atoms with Crippen LogP contribution < -0.4 is 0 Å². The highest BCUT2D eigenvalue weighted by Crippen LogP contribution is 2.19. The van der Waals surface area contributed by atoms with Crippen molar-refractivity contribution in [2.45, 2.75) is 6.42 Å². The van der Waals surface area contributed by atoms with Crippen molar-refractivity contribution in [3.63, 3.8) is 0 Å². The Bertz CT molecular complexity index is 324. The zero-order chi connectivity index (χ0) is 7.68. The third-order valence-electron chi connectivity index (χ3n) is 1.97. The number of hydrogen-bond acceptors (Lipinski definition) is 1. The van der Waals surface area contributed by atoms with Crippen LogP contribution in [0.4, 0.5) is 0 Å². The van der Waals surface area contributed by atoms with E-state index in [1.54, 1.807) is 0 Å². The van der Waals surface area contributed by atoms with Crippen LogP contribution in [0.3, 0.4) is 0 Å². The van der Waals surface area contributed by atoms with Gasteiger partial charge in [-0.25, -0.2) is 0 Å². The van der Waals surface area contributed by atoms with E-state index in [-0.39, 0.29) is 0 Å². The molecule has 0 bridgehead atoms. The fraction of sp³-hybridized carbons (Fsp3) is 0.100. The van der Waals surface area contributed by atoms with E-state index in [2.05, 4.69) is 18.2 Å². The molecule has 0 radical (unpaired) electrons. The number of rotatable bonds is 1. The molecule has 0 spiro atoms. The molecule has 1 heteroatoms. The van der Waals surface area contributed by atoms with E-state index in [4.69, 9.17) is 5.41 Å². The first-order valence-corrected chi connectivity index (χ1v) is 3.70. The lowest BCUT2D eigenvalue weighted by Crippen LogP contribution is -1.84. The van der Waals surface area contributed by atoms with Crippen molar-refractivity contribution in [3.8, 4) is 0 Å². The molecule has 1 aliphatic rings. The van der Waals surface area contributed by atoms with Crippen LogP contribution in [0.25, 0.3) is 6.08 Å². The molecule has 1 aliphatic carbocycles. The second-order valence-corrected chi connectivity index (χ2v) is 2.71. The van der Waals surface area contributed by atoms with Crippen LogP contribution in [0.5, 0.6) is 0 Å². The van der Waals surface area contributed by atoms with Crippen molar-refractivity contribution in [2.24, 2.45) is 0 Å². The van der Waals surface area contributed by atoms with Crippen LogP contribution in [-0.2, 0) is 6.42 Å². The Morgan fingerprint density at radius 3 is 3.09 bits per heavy atom. The minimum absolute atomic E-state index is 0.982. The van der Waals surface area contributed by atoms with Gasteiger partial charge in [0, 0.05) is 6.21 Å². The van der Waals surface area contributed by atoms with Crippen molar-refractivity contribution in [2.75, 3.05) is 0 Å². The Morgan fingerprint density at radius 1 is 1.36 bits per heavy atom. The van der Waals surface area contributed by atoms with Crippen molar-refractivity contribution in [3.05, 3.63) is 41.0 Å². The third-order valence-corrected chi connectivity index (χ3v) is 1.97. The zero-order valence-electron chi connectivity index (χ0n) is 6.17. The lowest BCUT2D eigenvalue weighted by atomic mass is 10.1. The summed E-state index contributed by atoms with van der Waals surface area (Å²) in [7, 11) is 0. The Hall–Kier alpha value is -1.37. The molecule has 1 N–H and O–H groups in total. The molecule has 0 unspecified atom stereocenters. The predicted octanol–water partition coefficient (Wildman–Crippen LogP) is 2.25. The summed E-state index contributed by atoms with van der Waals surface area (Å²) in [6.07, 6.45) is 6.70. The highest BCUT2D eigenvalue weighted by Gasteiger charge is 2.03. The maximum atomic E-state index is 7.06. The summed E-state index contributed by atoms with van der Waals surface area (Å²) in [6, 6.07) is 6.13. The minimum atomic E-state index is 0.982. The first kappa shape index (κ1) is 6.35. The normalized spacial score (nSPS) is 13.1. The van der Waals surface area contributed by atoms with Crippen LogP contribution in [0.1, 0.15) is 16.7 Å². The van der Waals surface area contributed by atoms with Gasteiger partial charge in [0.15, 0.2) is 0 Å². The van der Waals surface area contributed by atoms with Gasteiger partial charge in [-0.3, -0.25) is 0 Å². The highest BCUT2D eigenvalue weighted by molar-refractivity contribution is 5.79. The van der Waals surface area contributed by atoms with E-state index in [1.807, 2.05) is 12.1 Å². The van der Waals surface area contributed by atoms with E-state index in [9.17, 15) is 0 Å². The molecule has 0 aromatic heterocycles. The molecular weight excluding hydrogens is 134 g/mol. The Balaban J connectivity index is 2.55. The molecule has 1 aromatic carbocycles. The molecule has 0 heterocycles. The topological polar surface area (TPSA) is 23.9 Å². The molecule has 0 fully saturated rings. The van der Waals surface area contributed by atoms with Crippen molar-refractivity contribution in [1.29, 1.82) is 5.41 Å². The summed E-state index contributed by atoms with van der Waals surface area (Å²) in [4.78, 5) is 0. The van der Waals surface area contributed by atoms with E-state index in [0.717, 1.165) is 12.0 Å². The Labute approximate surface area is 65.9 Å². The third kappa shape index (κ3) is 0.984. The molecule has 2 rings (SSSR count). The van der Waals surface area contributed by atoms with Gasteiger partial charge >= 0.3 is 0 Å². The van der Waals surface area contributed by atoms with Crippen LogP contribution in [-0.4, -0.2) is 6.21 Å².